The fourth-order valence-corrected chi connectivity index (χ4v) is 3.37. The van der Waals surface area contributed by atoms with Gasteiger partial charge in [-0.1, -0.05) is 18.2 Å². The van der Waals surface area contributed by atoms with Gasteiger partial charge in [-0.2, -0.15) is 4.31 Å². The average molecular weight is 348 g/mol. The van der Waals surface area contributed by atoms with Crippen LogP contribution in [0.15, 0.2) is 45.8 Å². The fraction of sp³-hybridized carbons (Fsp3) is 0.250. The number of methoxy groups -OCH3 is 1. The Hall–Kier alpha value is -1.18. The van der Waals surface area contributed by atoms with E-state index in [0.717, 1.165) is 4.31 Å². The van der Waals surface area contributed by atoms with Crippen molar-refractivity contribution in [1.82, 2.24) is 4.31 Å². The zero-order valence-electron chi connectivity index (χ0n) is 10.5. The van der Waals surface area contributed by atoms with Gasteiger partial charge in [0, 0.05) is 24.1 Å². The van der Waals surface area contributed by atoms with E-state index < -0.39 is 16.0 Å². The second kappa shape index (κ2) is 6.83. The molecule has 0 aliphatic carbocycles. The summed E-state index contributed by atoms with van der Waals surface area (Å²) in [5.41, 5.74) is 0. The van der Waals surface area contributed by atoms with Crippen LogP contribution in [0.2, 0.25) is 0 Å². The molecule has 0 saturated carbocycles. The summed E-state index contributed by atoms with van der Waals surface area (Å²) in [4.78, 5) is 11.1. The van der Waals surface area contributed by atoms with Crippen molar-refractivity contribution in [1.29, 1.82) is 0 Å². The summed E-state index contributed by atoms with van der Waals surface area (Å²) in [6.45, 7) is 0.0821. The third-order valence-corrected chi connectivity index (χ3v) is 5.18. The van der Waals surface area contributed by atoms with E-state index >= 15 is 0 Å². The van der Waals surface area contributed by atoms with Gasteiger partial charge in [-0.05, 0) is 28.1 Å². The van der Waals surface area contributed by atoms with Crippen LogP contribution in [0.4, 0.5) is 0 Å². The summed E-state index contributed by atoms with van der Waals surface area (Å²) in [7, 11) is -0.892. The van der Waals surface area contributed by atoms with Crippen molar-refractivity contribution in [2.45, 2.75) is 4.90 Å². The van der Waals surface area contributed by atoms with Crippen LogP contribution in [0.5, 0.6) is 0 Å². The van der Waals surface area contributed by atoms with E-state index in [4.69, 9.17) is 0 Å². The number of rotatable bonds is 5. The Bertz CT molecular complexity index is 583. The lowest BCUT2D eigenvalue weighted by Gasteiger charge is -2.16. The Kier molecular flexibility index (Phi) is 5.71. The van der Waals surface area contributed by atoms with Gasteiger partial charge in [0.1, 0.15) is 0 Å². The molecule has 1 aromatic carbocycles. The van der Waals surface area contributed by atoms with Gasteiger partial charge in [0.15, 0.2) is 0 Å². The standard InChI is InChI=1S/C12H14BrNO4S/c1-14(9-5-8-12(15)18-2)19(16,17)11-7-4-3-6-10(11)13/h3-8H,9H2,1-2H3/b8-5+. The summed E-state index contributed by atoms with van der Waals surface area (Å²) < 4.78 is 30.6. The fourth-order valence-electron chi connectivity index (χ4n) is 1.29. The molecule has 0 amide bonds. The largest absolute Gasteiger partial charge is 0.466 e. The second-order valence-corrected chi connectivity index (χ2v) is 6.51. The van der Waals surface area contributed by atoms with E-state index in [1.807, 2.05) is 0 Å². The molecule has 0 N–H and O–H groups in total. The lowest BCUT2D eigenvalue weighted by Crippen LogP contribution is -2.27. The number of likely N-dealkylation sites (N-methyl/N-ethyl adjacent to an activating group) is 1. The second-order valence-electron chi connectivity index (χ2n) is 3.64. The molecule has 0 aromatic heterocycles. The number of esters is 1. The molecule has 19 heavy (non-hydrogen) atoms. The predicted molar refractivity (Wildman–Crippen MR) is 75.1 cm³/mol. The van der Waals surface area contributed by atoms with E-state index in [9.17, 15) is 13.2 Å². The quantitative estimate of drug-likeness (QED) is 0.601. The highest BCUT2D eigenvalue weighted by molar-refractivity contribution is 9.10. The Balaban J connectivity index is 2.87. The van der Waals surface area contributed by atoms with E-state index in [1.54, 1.807) is 18.2 Å². The van der Waals surface area contributed by atoms with Crippen LogP contribution < -0.4 is 0 Å². The minimum absolute atomic E-state index is 0.0821. The highest BCUT2D eigenvalue weighted by Gasteiger charge is 2.21. The minimum Gasteiger partial charge on any atom is -0.466 e. The maximum Gasteiger partial charge on any atom is 0.330 e. The normalized spacial score (nSPS) is 12.0. The van der Waals surface area contributed by atoms with Crippen molar-refractivity contribution in [3.05, 3.63) is 40.9 Å². The Morgan fingerprint density at radius 2 is 2.05 bits per heavy atom. The summed E-state index contributed by atoms with van der Waals surface area (Å²) in [5.74, 6) is -0.522. The van der Waals surface area contributed by atoms with Gasteiger partial charge >= 0.3 is 5.97 Å². The maximum absolute atomic E-state index is 12.2. The monoisotopic (exact) mass is 347 g/mol. The average Bonchev–Trinajstić information content (AvgIpc) is 2.38. The van der Waals surface area contributed by atoms with Gasteiger partial charge in [0.25, 0.3) is 0 Å². The highest BCUT2D eigenvalue weighted by Crippen LogP contribution is 2.23. The van der Waals surface area contributed by atoms with Crippen molar-refractivity contribution >= 4 is 31.9 Å². The molecule has 104 valence electrons. The molecule has 0 radical (unpaired) electrons. The highest BCUT2D eigenvalue weighted by atomic mass is 79.9. The van der Waals surface area contributed by atoms with E-state index in [1.165, 1.54) is 32.4 Å². The Morgan fingerprint density at radius 1 is 1.42 bits per heavy atom. The molecule has 0 aliphatic rings. The van der Waals surface area contributed by atoms with Crippen LogP contribution in [0.25, 0.3) is 0 Å². The molecule has 0 aliphatic heterocycles. The van der Waals surface area contributed by atoms with Crippen LogP contribution in [0.1, 0.15) is 0 Å². The smallest absolute Gasteiger partial charge is 0.330 e. The summed E-state index contributed by atoms with van der Waals surface area (Å²) in [5, 5.41) is 0. The first-order valence-corrected chi connectivity index (χ1v) is 7.58. The SMILES string of the molecule is COC(=O)/C=C/CN(C)S(=O)(=O)c1ccccc1Br. The molecule has 0 unspecified atom stereocenters. The molecule has 1 aromatic rings. The summed E-state index contributed by atoms with van der Waals surface area (Å²) in [6.07, 6.45) is 2.62. The molecule has 0 saturated heterocycles. The molecule has 5 nitrogen and oxygen atoms in total. The van der Waals surface area contributed by atoms with Gasteiger partial charge in [0.05, 0.1) is 12.0 Å². The number of hydrogen-bond donors (Lipinski definition) is 0. The van der Waals surface area contributed by atoms with E-state index in [-0.39, 0.29) is 11.4 Å². The number of sulfonamides is 1. The molecule has 0 fully saturated rings. The van der Waals surface area contributed by atoms with Crippen LogP contribution in [-0.4, -0.2) is 39.4 Å². The Morgan fingerprint density at radius 3 is 2.63 bits per heavy atom. The number of benzene rings is 1. The zero-order chi connectivity index (χ0) is 14.5. The van der Waals surface area contributed by atoms with Crippen molar-refractivity contribution in [2.24, 2.45) is 0 Å². The third-order valence-electron chi connectivity index (χ3n) is 2.34. The van der Waals surface area contributed by atoms with Crippen LogP contribution >= 0.6 is 15.9 Å². The number of carbonyl (C=O) groups is 1. The van der Waals surface area contributed by atoms with Crippen LogP contribution in [0, 0.1) is 0 Å². The molecule has 0 bridgehead atoms. The van der Waals surface area contributed by atoms with Crippen molar-refractivity contribution in [3.8, 4) is 0 Å². The number of halogens is 1. The molecule has 1 rings (SSSR count). The molecule has 7 heteroatoms. The summed E-state index contributed by atoms with van der Waals surface area (Å²) >= 11 is 3.21. The number of hydrogen-bond acceptors (Lipinski definition) is 4. The molecular formula is C12H14BrNO4S. The first-order chi connectivity index (χ1) is 8.89. The number of carbonyl (C=O) groups excluding carboxylic acids is 1. The van der Waals surface area contributed by atoms with Crippen molar-refractivity contribution in [2.75, 3.05) is 20.7 Å². The molecule has 0 spiro atoms. The van der Waals surface area contributed by atoms with Gasteiger partial charge in [-0.3, -0.25) is 0 Å². The lowest BCUT2D eigenvalue weighted by molar-refractivity contribution is -0.134. The number of ether oxygens (including phenoxy) is 1. The zero-order valence-corrected chi connectivity index (χ0v) is 12.9. The minimum atomic E-state index is -3.59. The number of nitrogens with zero attached hydrogens (tertiary/aromatic N) is 1. The third kappa shape index (κ3) is 4.15. The van der Waals surface area contributed by atoms with E-state index in [0.29, 0.717) is 4.47 Å². The molecular weight excluding hydrogens is 334 g/mol. The van der Waals surface area contributed by atoms with Gasteiger partial charge < -0.3 is 4.74 Å². The van der Waals surface area contributed by atoms with Crippen molar-refractivity contribution in [3.63, 3.8) is 0 Å². The van der Waals surface area contributed by atoms with Crippen LogP contribution in [0.3, 0.4) is 0 Å². The Labute approximate surface area is 121 Å². The van der Waals surface area contributed by atoms with Crippen LogP contribution in [-0.2, 0) is 19.6 Å². The van der Waals surface area contributed by atoms with Gasteiger partial charge in [-0.15, -0.1) is 0 Å². The molecule has 0 heterocycles. The summed E-state index contributed by atoms with van der Waals surface area (Å²) in [6, 6.07) is 6.56. The van der Waals surface area contributed by atoms with Crippen molar-refractivity contribution < 1.29 is 17.9 Å². The predicted octanol–water partition coefficient (Wildman–Crippen LogP) is 1.80. The van der Waals surface area contributed by atoms with E-state index in [2.05, 4.69) is 20.7 Å². The first kappa shape index (κ1) is 15.9. The lowest BCUT2D eigenvalue weighted by atomic mass is 10.4. The topological polar surface area (TPSA) is 63.7 Å². The molecule has 0 atom stereocenters. The maximum atomic E-state index is 12.2. The van der Waals surface area contributed by atoms with Gasteiger partial charge in [-0.25, -0.2) is 13.2 Å². The van der Waals surface area contributed by atoms with Gasteiger partial charge in [0.2, 0.25) is 10.0 Å². The first-order valence-electron chi connectivity index (χ1n) is 5.35.